The molecule has 0 aliphatic carbocycles. The van der Waals surface area contributed by atoms with Crippen LogP contribution in [0.5, 0.6) is 0 Å². The monoisotopic (exact) mass is 589 g/mol. The minimum Gasteiger partial charge on any atom is -0.875 e. The predicted molar refractivity (Wildman–Crippen MR) is 161 cm³/mol. The number of hydrogen-bond acceptors (Lipinski definition) is 4. The largest absolute Gasteiger partial charge is 2.00 e. The summed E-state index contributed by atoms with van der Waals surface area (Å²) in [5, 5.41) is 25.6. The molecule has 4 aromatic carbocycles. The Morgan fingerprint density at radius 1 is 0.439 bits per heavy atom. The molecule has 4 nitrogen and oxygen atoms in total. The average molecular weight is 590 g/mol. The normalized spacial score (nSPS) is 12.6. The fourth-order valence-electron chi connectivity index (χ4n) is 4.37. The van der Waals surface area contributed by atoms with Gasteiger partial charge in [0.1, 0.15) is 0 Å². The minimum absolute atomic E-state index is 0. The third-order valence-corrected chi connectivity index (χ3v) is 6.28. The van der Waals surface area contributed by atoms with Gasteiger partial charge in [0.2, 0.25) is 0 Å². The first-order valence-corrected chi connectivity index (χ1v) is 13.6. The maximum absolute atomic E-state index is 12.8. The Balaban J connectivity index is 0.00000462. The van der Waals surface area contributed by atoms with Crippen LogP contribution in [0.3, 0.4) is 0 Å². The Labute approximate surface area is 254 Å². The number of benzene rings is 4. The fourth-order valence-corrected chi connectivity index (χ4v) is 4.37. The van der Waals surface area contributed by atoms with E-state index in [1.54, 1.807) is 12.2 Å². The summed E-state index contributed by atoms with van der Waals surface area (Å²) in [6.07, 6.45) is 5.14. The maximum Gasteiger partial charge on any atom is 2.00 e. The molecule has 211 valence electrons. The average Bonchev–Trinajstić information content (AvgIpc) is 2.97. The van der Waals surface area contributed by atoms with Crippen molar-refractivity contribution in [3.63, 3.8) is 0 Å². The number of nitrogens with zero attached hydrogens (tertiary/aromatic N) is 2. The predicted octanol–water partition coefficient (Wildman–Crippen LogP) is 5.33. The summed E-state index contributed by atoms with van der Waals surface area (Å²) in [6.45, 7) is 0.854. The molecular weight excluding hydrogens is 556 g/mol. The first-order valence-electron chi connectivity index (χ1n) is 13.6. The minimum atomic E-state index is 0. The van der Waals surface area contributed by atoms with Crippen molar-refractivity contribution in [1.82, 2.24) is 0 Å². The van der Waals surface area contributed by atoms with Crippen LogP contribution in [-0.4, -0.2) is 24.5 Å². The summed E-state index contributed by atoms with van der Waals surface area (Å²) in [6, 6.07) is 39.5. The SMILES string of the molecule is [Cu+2].[O-]/C(=C\C(Cc1ccccc1)=NCCN=C(/C=C(\[O-])Cc1ccccc1)Cc1ccccc1)Cc1ccccc1. The standard InChI is InChI=1S/C36H36N2O2.Cu/c39-35(25-31-17-9-3-10-18-31)27-33(23-29-13-5-1-6-14-29)37-21-22-38-34(24-30-15-7-2-8-16-30)28-36(40)26-32-19-11-4-12-20-32;/h1-20,27-28,39-40H,21-26H2;/q;+2/p-2/b35-27-,36-28-,37-33?,38-34?;. The molecule has 0 unspecified atom stereocenters. The number of hydrogen-bond donors (Lipinski definition) is 0. The molecule has 0 aromatic heterocycles. The van der Waals surface area contributed by atoms with Crippen LogP contribution in [-0.2, 0) is 42.8 Å². The zero-order chi connectivity index (χ0) is 27.8. The van der Waals surface area contributed by atoms with E-state index in [9.17, 15) is 10.2 Å². The summed E-state index contributed by atoms with van der Waals surface area (Å²) < 4.78 is 0. The van der Waals surface area contributed by atoms with E-state index in [4.69, 9.17) is 9.98 Å². The van der Waals surface area contributed by atoms with Gasteiger partial charge in [0.05, 0.1) is 13.1 Å². The van der Waals surface area contributed by atoms with Crippen molar-refractivity contribution in [1.29, 1.82) is 0 Å². The molecule has 4 rings (SSSR count). The Hall–Kier alpha value is -4.18. The van der Waals surface area contributed by atoms with Crippen LogP contribution in [0.15, 0.2) is 155 Å². The number of allylic oxidation sites excluding steroid dienone is 4. The molecule has 0 atom stereocenters. The van der Waals surface area contributed by atoms with Gasteiger partial charge < -0.3 is 10.2 Å². The van der Waals surface area contributed by atoms with Crippen LogP contribution >= 0.6 is 0 Å². The summed E-state index contributed by atoms with van der Waals surface area (Å²) >= 11 is 0. The number of rotatable bonds is 13. The molecule has 0 amide bonds. The van der Waals surface area contributed by atoms with Gasteiger partial charge in [0.15, 0.2) is 0 Å². The van der Waals surface area contributed by atoms with Gasteiger partial charge in [-0.2, -0.15) is 0 Å². The quantitative estimate of drug-likeness (QED) is 0.0916. The van der Waals surface area contributed by atoms with E-state index < -0.39 is 0 Å². The van der Waals surface area contributed by atoms with Crippen molar-refractivity contribution in [3.8, 4) is 0 Å². The summed E-state index contributed by atoms with van der Waals surface area (Å²) in [5.41, 5.74) is 5.62. The van der Waals surface area contributed by atoms with Crippen molar-refractivity contribution < 1.29 is 27.3 Å². The molecule has 5 heteroatoms. The van der Waals surface area contributed by atoms with Crippen LogP contribution in [0.2, 0.25) is 0 Å². The molecule has 41 heavy (non-hydrogen) atoms. The van der Waals surface area contributed by atoms with Crippen LogP contribution < -0.4 is 10.2 Å². The summed E-state index contributed by atoms with van der Waals surface area (Å²) in [7, 11) is 0. The van der Waals surface area contributed by atoms with Crippen molar-refractivity contribution >= 4 is 11.4 Å². The van der Waals surface area contributed by atoms with Crippen LogP contribution in [0.25, 0.3) is 0 Å². The molecule has 0 spiro atoms. The van der Waals surface area contributed by atoms with E-state index in [1.807, 2.05) is 121 Å². The molecule has 1 radical (unpaired) electrons. The van der Waals surface area contributed by atoms with Gasteiger partial charge in [-0.25, -0.2) is 0 Å². The van der Waals surface area contributed by atoms with Gasteiger partial charge in [-0.15, -0.1) is 11.5 Å². The van der Waals surface area contributed by atoms with Gasteiger partial charge in [0.25, 0.3) is 0 Å². The first kappa shape index (κ1) is 31.3. The van der Waals surface area contributed by atoms with E-state index in [-0.39, 0.29) is 28.6 Å². The van der Waals surface area contributed by atoms with Gasteiger partial charge in [-0.3, -0.25) is 9.98 Å². The van der Waals surface area contributed by atoms with E-state index in [0.29, 0.717) is 38.8 Å². The number of aliphatic imine (C=N–C) groups is 2. The van der Waals surface area contributed by atoms with Crippen molar-refractivity contribution in [2.24, 2.45) is 9.98 Å². The van der Waals surface area contributed by atoms with Gasteiger partial charge in [0, 0.05) is 24.3 Å². The summed E-state index contributed by atoms with van der Waals surface area (Å²) in [5.74, 6) is 0.0444. The smallest absolute Gasteiger partial charge is 0.875 e. The second kappa shape index (κ2) is 17.5. The molecule has 0 aliphatic rings. The second-order valence-corrected chi connectivity index (χ2v) is 9.62. The first-order chi connectivity index (χ1) is 19.6. The zero-order valence-electron chi connectivity index (χ0n) is 23.0. The Morgan fingerprint density at radius 3 is 1.00 bits per heavy atom. The molecule has 0 aliphatic heterocycles. The van der Waals surface area contributed by atoms with Gasteiger partial charge in [-0.1, -0.05) is 133 Å². The molecule has 0 saturated heterocycles. The third kappa shape index (κ3) is 11.8. The molecule has 0 fully saturated rings. The summed E-state index contributed by atoms with van der Waals surface area (Å²) in [4.78, 5) is 9.52. The fraction of sp³-hybridized carbons (Fsp3) is 0.167. The topological polar surface area (TPSA) is 70.8 Å². The van der Waals surface area contributed by atoms with Crippen LogP contribution in [0.1, 0.15) is 22.3 Å². The molecule has 0 saturated carbocycles. The van der Waals surface area contributed by atoms with E-state index in [1.165, 1.54) is 0 Å². The Kier molecular flexibility index (Phi) is 13.4. The van der Waals surface area contributed by atoms with E-state index >= 15 is 0 Å². The van der Waals surface area contributed by atoms with Crippen molar-refractivity contribution in [3.05, 3.63) is 167 Å². The molecule has 0 bridgehead atoms. The Morgan fingerprint density at radius 2 is 0.707 bits per heavy atom. The second-order valence-electron chi connectivity index (χ2n) is 9.62. The molecular formula is C36H34CuN2O2. The Bertz CT molecular complexity index is 1320. The zero-order valence-corrected chi connectivity index (χ0v) is 23.9. The van der Waals surface area contributed by atoms with Gasteiger partial charge >= 0.3 is 17.1 Å². The van der Waals surface area contributed by atoms with Gasteiger partial charge in [-0.05, 0) is 35.1 Å². The third-order valence-electron chi connectivity index (χ3n) is 6.28. The van der Waals surface area contributed by atoms with Crippen molar-refractivity contribution in [2.75, 3.05) is 13.1 Å². The van der Waals surface area contributed by atoms with Crippen molar-refractivity contribution in [2.45, 2.75) is 25.7 Å². The molecule has 0 N–H and O–H groups in total. The maximum atomic E-state index is 12.8. The van der Waals surface area contributed by atoms with E-state index in [0.717, 1.165) is 33.7 Å². The van der Waals surface area contributed by atoms with E-state index in [2.05, 4.69) is 0 Å². The molecule has 0 heterocycles. The van der Waals surface area contributed by atoms with Crippen LogP contribution in [0, 0.1) is 0 Å². The van der Waals surface area contributed by atoms with Crippen LogP contribution in [0.4, 0.5) is 0 Å². The molecule has 4 aromatic rings.